The van der Waals surface area contributed by atoms with Crippen molar-refractivity contribution in [3.63, 3.8) is 0 Å². The fourth-order valence-electron chi connectivity index (χ4n) is 2.54. The van der Waals surface area contributed by atoms with Gasteiger partial charge >= 0.3 is 0 Å². The van der Waals surface area contributed by atoms with Gasteiger partial charge in [0.2, 0.25) is 0 Å². The van der Waals surface area contributed by atoms with E-state index >= 15 is 0 Å². The molecule has 1 fully saturated rings. The van der Waals surface area contributed by atoms with Gasteiger partial charge in [0.05, 0.1) is 6.10 Å². The Balaban J connectivity index is 1.86. The number of rotatable bonds is 3. The Labute approximate surface area is 112 Å². The summed E-state index contributed by atoms with van der Waals surface area (Å²) in [6, 6.07) is 12.0. The smallest absolute Gasteiger partial charge is 0.127 e. The number of aliphatic hydroxyl groups excluding tert-OH is 1. The summed E-state index contributed by atoms with van der Waals surface area (Å²) >= 11 is 0. The first-order valence-electron chi connectivity index (χ1n) is 6.67. The molecule has 1 N–H and O–H groups in total. The molecule has 1 aliphatic rings. The summed E-state index contributed by atoms with van der Waals surface area (Å²) in [4.78, 5) is 4.04. The Bertz CT molecular complexity index is 541. The fourth-order valence-corrected chi connectivity index (χ4v) is 2.54. The molecule has 0 radical (unpaired) electrons. The summed E-state index contributed by atoms with van der Waals surface area (Å²) in [6.45, 7) is 0. The minimum atomic E-state index is -0.210. The van der Waals surface area contributed by atoms with E-state index in [9.17, 15) is 5.11 Å². The van der Waals surface area contributed by atoms with Crippen molar-refractivity contribution in [2.24, 2.45) is 0 Å². The van der Waals surface area contributed by atoms with Crippen LogP contribution in [0, 0.1) is 0 Å². The van der Waals surface area contributed by atoms with Gasteiger partial charge in [-0.15, -0.1) is 0 Å². The molecule has 0 saturated heterocycles. The zero-order valence-electron chi connectivity index (χ0n) is 10.7. The first-order chi connectivity index (χ1) is 9.33. The highest BCUT2D eigenvalue weighted by atomic mass is 16.5. The van der Waals surface area contributed by atoms with Crippen LogP contribution in [0.2, 0.25) is 0 Å². The van der Waals surface area contributed by atoms with Gasteiger partial charge in [-0.05, 0) is 36.6 Å². The normalized spacial score (nSPS) is 22.4. The lowest BCUT2D eigenvalue weighted by Gasteiger charge is -2.16. The lowest BCUT2D eigenvalue weighted by Crippen LogP contribution is -2.13. The Morgan fingerprint density at radius 2 is 1.84 bits per heavy atom. The molecule has 0 amide bonds. The Hall–Kier alpha value is -1.87. The van der Waals surface area contributed by atoms with Gasteiger partial charge in [-0.3, -0.25) is 4.98 Å². The van der Waals surface area contributed by atoms with Crippen LogP contribution in [0.3, 0.4) is 0 Å². The van der Waals surface area contributed by atoms with Crippen molar-refractivity contribution in [3.8, 4) is 16.9 Å². The molecule has 1 aromatic carbocycles. The summed E-state index contributed by atoms with van der Waals surface area (Å²) in [6.07, 6.45) is 5.96. The van der Waals surface area contributed by atoms with Gasteiger partial charge in [-0.2, -0.15) is 0 Å². The van der Waals surface area contributed by atoms with Crippen molar-refractivity contribution in [2.75, 3.05) is 0 Å². The molecular weight excluding hydrogens is 238 g/mol. The third-order valence-electron chi connectivity index (χ3n) is 3.53. The maximum atomic E-state index is 9.58. The van der Waals surface area contributed by atoms with E-state index in [0.717, 1.165) is 36.1 Å². The lowest BCUT2D eigenvalue weighted by atomic mass is 10.1. The molecule has 2 atom stereocenters. The van der Waals surface area contributed by atoms with Crippen LogP contribution in [0.4, 0.5) is 0 Å². The Kier molecular flexibility index (Phi) is 3.47. The Morgan fingerprint density at radius 3 is 2.58 bits per heavy atom. The molecule has 3 heteroatoms. The van der Waals surface area contributed by atoms with E-state index in [0.29, 0.717) is 0 Å². The van der Waals surface area contributed by atoms with Gasteiger partial charge in [0.1, 0.15) is 11.9 Å². The fraction of sp³-hybridized carbons (Fsp3) is 0.312. The van der Waals surface area contributed by atoms with Crippen LogP contribution < -0.4 is 4.74 Å². The highest BCUT2D eigenvalue weighted by molar-refractivity contribution is 5.69. The summed E-state index contributed by atoms with van der Waals surface area (Å²) < 4.78 is 6.05. The van der Waals surface area contributed by atoms with Gasteiger partial charge in [0.15, 0.2) is 0 Å². The molecule has 0 bridgehead atoms. The minimum absolute atomic E-state index is 0.123. The Morgan fingerprint density at radius 1 is 1.05 bits per heavy atom. The number of nitrogens with zero attached hydrogens (tertiary/aromatic N) is 1. The quantitative estimate of drug-likeness (QED) is 0.916. The van der Waals surface area contributed by atoms with Crippen LogP contribution >= 0.6 is 0 Å². The number of hydrogen-bond acceptors (Lipinski definition) is 3. The third-order valence-corrected chi connectivity index (χ3v) is 3.53. The van der Waals surface area contributed by atoms with E-state index in [-0.39, 0.29) is 12.2 Å². The molecule has 2 unspecified atom stereocenters. The van der Waals surface area contributed by atoms with Crippen molar-refractivity contribution in [1.82, 2.24) is 4.98 Å². The molecule has 2 aromatic rings. The molecule has 3 rings (SSSR count). The zero-order chi connectivity index (χ0) is 13.1. The lowest BCUT2D eigenvalue weighted by molar-refractivity contribution is 0.150. The van der Waals surface area contributed by atoms with Gasteiger partial charge in [-0.1, -0.05) is 18.2 Å². The predicted octanol–water partition coefficient (Wildman–Crippen LogP) is 3.04. The summed E-state index contributed by atoms with van der Waals surface area (Å²) in [5.74, 6) is 0.882. The summed E-state index contributed by atoms with van der Waals surface area (Å²) in [7, 11) is 0. The highest BCUT2D eigenvalue weighted by Crippen LogP contribution is 2.32. The average molecular weight is 255 g/mol. The van der Waals surface area contributed by atoms with E-state index in [4.69, 9.17) is 4.74 Å². The van der Waals surface area contributed by atoms with Crippen LogP contribution in [0.1, 0.15) is 19.3 Å². The molecule has 0 aliphatic heterocycles. The van der Waals surface area contributed by atoms with Gasteiger partial charge in [0, 0.05) is 24.4 Å². The number of aromatic nitrogens is 1. The number of benzene rings is 1. The molecule has 3 nitrogen and oxygen atoms in total. The maximum absolute atomic E-state index is 9.58. The number of ether oxygens (including phenoxy) is 1. The van der Waals surface area contributed by atoms with Gasteiger partial charge < -0.3 is 9.84 Å². The molecule has 1 heterocycles. The molecule has 1 saturated carbocycles. The third kappa shape index (κ3) is 2.76. The number of pyridine rings is 1. The standard InChI is InChI=1S/C16H17NO2/c18-13-5-6-14(11-13)19-16-4-2-1-3-15(16)12-7-9-17-10-8-12/h1-4,7-10,13-14,18H,5-6,11H2. The molecule has 98 valence electrons. The number of para-hydroxylation sites is 1. The second-order valence-corrected chi connectivity index (χ2v) is 4.94. The first-order valence-corrected chi connectivity index (χ1v) is 6.67. The topological polar surface area (TPSA) is 42.4 Å². The number of hydrogen-bond donors (Lipinski definition) is 1. The molecule has 1 aliphatic carbocycles. The maximum Gasteiger partial charge on any atom is 0.127 e. The van der Waals surface area contributed by atoms with Gasteiger partial charge in [-0.25, -0.2) is 0 Å². The van der Waals surface area contributed by atoms with E-state index in [2.05, 4.69) is 11.1 Å². The van der Waals surface area contributed by atoms with E-state index in [1.807, 2.05) is 30.3 Å². The van der Waals surface area contributed by atoms with Crippen molar-refractivity contribution >= 4 is 0 Å². The van der Waals surface area contributed by atoms with Gasteiger partial charge in [0.25, 0.3) is 0 Å². The largest absolute Gasteiger partial charge is 0.490 e. The summed E-state index contributed by atoms with van der Waals surface area (Å²) in [5, 5.41) is 9.58. The number of aliphatic hydroxyl groups is 1. The van der Waals surface area contributed by atoms with Crippen molar-refractivity contribution in [2.45, 2.75) is 31.5 Å². The molecule has 0 spiro atoms. The predicted molar refractivity (Wildman–Crippen MR) is 73.9 cm³/mol. The monoisotopic (exact) mass is 255 g/mol. The zero-order valence-corrected chi connectivity index (χ0v) is 10.7. The van der Waals surface area contributed by atoms with Crippen molar-refractivity contribution in [3.05, 3.63) is 48.8 Å². The van der Waals surface area contributed by atoms with Crippen LogP contribution in [0.5, 0.6) is 5.75 Å². The highest BCUT2D eigenvalue weighted by Gasteiger charge is 2.24. The molecule has 1 aromatic heterocycles. The van der Waals surface area contributed by atoms with E-state index in [1.54, 1.807) is 12.4 Å². The molecule has 19 heavy (non-hydrogen) atoms. The second kappa shape index (κ2) is 5.41. The second-order valence-electron chi connectivity index (χ2n) is 4.94. The van der Waals surface area contributed by atoms with Crippen LogP contribution in [0.15, 0.2) is 48.8 Å². The first kappa shape index (κ1) is 12.2. The van der Waals surface area contributed by atoms with Crippen LogP contribution in [-0.2, 0) is 0 Å². The van der Waals surface area contributed by atoms with E-state index in [1.165, 1.54) is 0 Å². The summed E-state index contributed by atoms with van der Waals surface area (Å²) in [5.41, 5.74) is 2.18. The van der Waals surface area contributed by atoms with E-state index < -0.39 is 0 Å². The SMILES string of the molecule is OC1CCC(Oc2ccccc2-c2ccncc2)C1. The minimum Gasteiger partial charge on any atom is -0.490 e. The van der Waals surface area contributed by atoms with Crippen LogP contribution in [-0.4, -0.2) is 22.3 Å². The van der Waals surface area contributed by atoms with Crippen molar-refractivity contribution < 1.29 is 9.84 Å². The molecular formula is C16H17NO2. The average Bonchev–Trinajstić information content (AvgIpc) is 2.86. The van der Waals surface area contributed by atoms with Crippen molar-refractivity contribution in [1.29, 1.82) is 0 Å². The van der Waals surface area contributed by atoms with Crippen LogP contribution in [0.25, 0.3) is 11.1 Å².